The predicted octanol–water partition coefficient (Wildman–Crippen LogP) is 6.04. The highest BCUT2D eigenvalue weighted by atomic mass is 79.9. The maximum absolute atomic E-state index is 12.7. The fraction of sp³-hybridized carbons (Fsp3) is 0.185. The number of nitrogens with one attached hydrogen (secondary N) is 1. The van der Waals surface area contributed by atoms with Crippen LogP contribution in [0.5, 0.6) is 23.0 Å². The van der Waals surface area contributed by atoms with Crippen LogP contribution in [0.25, 0.3) is 6.08 Å². The van der Waals surface area contributed by atoms with Gasteiger partial charge in [-0.3, -0.25) is 4.79 Å². The average Bonchev–Trinajstić information content (AvgIpc) is 2.90. The Bertz CT molecular complexity index is 1300. The summed E-state index contributed by atoms with van der Waals surface area (Å²) in [6.07, 6.45) is 1.49. The van der Waals surface area contributed by atoms with Gasteiger partial charge >= 0.3 is 0 Å². The molecule has 0 atom stereocenters. The lowest BCUT2D eigenvalue weighted by Gasteiger charge is -2.14. The van der Waals surface area contributed by atoms with Gasteiger partial charge in [0.15, 0.2) is 11.5 Å². The molecule has 0 aliphatic heterocycles. The first-order chi connectivity index (χ1) is 17.4. The molecule has 0 radical (unpaired) electrons. The molecule has 3 aromatic rings. The third-order valence-corrected chi connectivity index (χ3v) is 6.28. The first-order valence-electron chi connectivity index (χ1n) is 10.7. The summed E-state index contributed by atoms with van der Waals surface area (Å²) in [5, 5.41) is 12.4. The number of carbonyl (C=O) groups is 1. The Balaban J connectivity index is 1.75. The molecule has 186 valence electrons. The second-order valence-corrected chi connectivity index (χ2v) is 9.25. The minimum atomic E-state index is -0.513. The monoisotopic (exact) mass is 614 g/mol. The second-order valence-electron chi connectivity index (χ2n) is 7.48. The molecule has 0 heterocycles. The van der Waals surface area contributed by atoms with E-state index in [-0.39, 0.29) is 12.1 Å². The van der Waals surface area contributed by atoms with E-state index in [2.05, 4.69) is 37.2 Å². The number of methoxy groups -OCH3 is 3. The minimum absolute atomic E-state index is 0.0556. The number of rotatable bonds is 10. The van der Waals surface area contributed by atoms with Gasteiger partial charge in [0, 0.05) is 22.6 Å². The molecule has 0 fully saturated rings. The topological polar surface area (TPSA) is 89.8 Å². The van der Waals surface area contributed by atoms with Gasteiger partial charge in [-0.2, -0.15) is 5.26 Å². The van der Waals surface area contributed by atoms with Crippen molar-refractivity contribution >= 4 is 43.8 Å². The third kappa shape index (κ3) is 7.03. The van der Waals surface area contributed by atoms with Crippen molar-refractivity contribution in [2.75, 3.05) is 21.3 Å². The van der Waals surface area contributed by atoms with Gasteiger partial charge in [0.05, 0.1) is 25.8 Å². The molecule has 1 N–H and O–H groups in total. The molecule has 1 amide bonds. The average molecular weight is 616 g/mol. The van der Waals surface area contributed by atoms with Gasteiger partial charge in [0.2, 0.25) is 0 Å². The highest BCUT2D eigenvalue weighted by molar-refractivity contribution is 9.10. The number of amides is 1. The number of hydrogen-bond acceptors (Lipinski definition) is 6. The Labute approximate surface area is 226 Å². The van der Waals surface area contributed by atoms with Crippen molar-refractivity contribution in [2.45, 2.75) is 13.2 Å². The summed E-state index contributed by atoms with van der Waals surface area (Å²) < 4.78 is 23.6. The lowest BCUT2D eigenvalue weighted by Crippen LogP contribution is -2.24. The number of benzene rings is 3. The zero-order valence-electron chi connectivity index (χ0n) is 19.9. The minimum Gasteiger partial charge on any atom is -0.497 e. The molecule has 36 heavy (non-hydrogen) atoms. The molecular weight excluding hydrogens is 592 g/mol. The Morgan fingerprint density at radius 3 is 2.33 bits per heavy atom. The van der Waals surface area contributed by atoms with E-state index in [1.54, 1.807) is 37.4 Å². The van der Waals surface area contributed by atoms with Gasteiger partial charge < -0.3 is 24.3 Å². The van der Waals surface area contributed by atoms with Crippen molar-refractivity contribution in [1.29, 1.82) is 5.26 Å². The van der Waals surface area contributed by atoms with Gasteiger partial charge in [-0.25, -0.2) is 0 Å². The fourth-order valence-corrected chi connectivity index (χ4v) is 4.12. The van der Waals surface area contributed by atoms with Crippen LogP contribution in [0.4, 0.5) is 0 Å². The number of ether oxygens (including phenoxy) is 4. The number of nitriles is 1. The SMILES string of the molecule is COc1ccc(CNC(=O)/C(C#N)=C/c2cc(Br)c(OCc3ccc(Br)cc3)c(OC)c2)c(OC)c1. The summed E-state index contributed by atoms with van der Waals surface area (Å²) in [7, 11) is 4.63. The van der Waals surface area contributed by atoms with Crippen LogP contribution < -0.4 is 24.3 Å². The predicted molar refractivity (Wildman–Crippen MR) is 144 cm³/mol. The van der Waals surface area contributed by atoms with Crippen molar-refractivity contribution in [2.24, 2.45) is 0 Å². The van der Waals surface area contributed by atoms with Crippen molar-refractivity contribution in [1.82, 2.24) is 5.32 Å². The Morgan fingerprint density at radius 1 is 0.972 bits per heavy atom. The van der Waals surface area contributed by atoms with Crippen LogP contribution >= 0.6 is 31.9 Å². The van der Waals surface area contributed by atoms with Gasteiger partial charge in [0.1, 0.15) is 29.7 Å². The maximum Gasteiger partial charge on any atom is 0.262 e. The van der Waals surface area contributed by atoms with Gasteiger partial charge in [-0.05, 0) is 69.5 Å². The number of nitrogens with zero attached hydrogens (tertiary/aromatic N) is 1. The Morgan fingerprint density at radius 2 is 1.69 bits per heavy atom. The summed E-state index contributed by atoms with van der Waals surface area (Å²) in [6.45, 7) is 0.527. The molecule has 0 spiro atoms. The summed E-state index contributed by atoms with van der Waals surface area (Å²) in [5.74, 6) is 1.69. The summed E-state index contributed by atoms with van der Waals surface area (Å²) in [4.78, 5) is 12.7. The van der Waals surface area contributed by atoms with Crippen molar-refractivity contribution in [3.63, 3.8) is 0 Å². The highest BCUT2D eigenvalue weighted by Crippen LogP contribution is 2.38. The second kappa shape index (κ2) is 13.0. The number of carbonyl (C=O) groups excluding carboxylic acids is 1. The lowest BCUT2D eigenvalue weighted by molar-refractivity contribution is -0.117. The molecule has 3 rings (SSSR count). The van der Waals surface area contributed by atoms with E-state index in [1.807, 2.05) is 30.3 Å². The van der Waals surface area contributed by atoms with Crippen molar-refractivity contribution in [3.8, 4) is 29.1 Å². The van der Waals surface area contributed by atoms with Crippen LogP contribution in [-0.2, 0) is 17.9 Å². The quantitative estimate of drug-likeness (QED) is 0.221. The summed E-state index contributed by atoms with van der Waals surface area (Å²) >= 11 is 6.93. The van der Waals surface area contributed by atoms with Crippen LogP contribution in [0.15, 0.2) is 69.1 Å². The van der Waals surface area contributed by atoms with Crippen LogP contribution in [0.1, 0.15) is 16.7 Å². The molecule has 0 aliphatic rings. The van der Waals surface area contributed by atoms with Gasteiger partial charge in [-0.15, -0.1) is 0 Å². The van der Waals surface area contributed by atoms with Crippen LogP contribution in [0.3, 0.4) is 0 Å². The first-order valence-corrected chi connectivity index (χ1v) is 12.3. The summed E-state index contributed by atoms with van der Waals surface area (Å²) in [5.41, 5.74) is 2.29. The highest BCUT2D eigenvalue weighted by Gasteiger charge is 2.15. The van der Waals surface area contributed by atoms with E-state index in [4.69, 9.17) is 18.9 Å². The van der Waals surface area contributed by atoms with E-state index >= 15 is 0 Å². The van der Waals surface area contributed by atoms with Gasteiger partial charge in [0.25, 0.3) is 5.91 Å². The van der Waals surface area contributed by atoms with E-state index in [0.29, 0.717) is 39.6 Å². The standard InChI is InChI=1S/C27H24Br2N2O5/c1-33-22-9-6-19(24(13-22)34-2)15-31-27(32)20(14-30)10-18-11-23(29)26(25(12-18)35-3)36-16-17-4-7-21(28)8-5-17/h4-13H,15-16H2,1-3H3,(H,31,32)/b20-10+. The largest absolute Gasteiger partial charge is 0.497 e. The lowest BCUT2D eigenvalue weighted by atomic mass is 10.1. The number of hydrogen-bond donors (Lipinski definition) is 1. The molecule has 0 aromatic heterocycles. The van der Waals surface area contributed by atoms with Crippen LogP contribution in [0, 0.1) is 11.3 Å². The zero-order chi connectivity index (χ0) is 26.1. The molecule has 0 unspecified atom stereocenters. The van der Waals surface area contributed by atoms with Crippen molar-refractivity contribution < 1.29 is 23.7 Å². The van der Waals surface area contributed by atoms with E-state index < -0.39 is 5.91 Å². The van der Waals surface area contributed by atoms with E-state index in [9.17, 15) is 10.1 Å². The maximum atomic E-state index is 12.7. The number of halogens is 2. The summed E-state index contributed by atoms with van der Waals surface area (Å²) in [6, 6.07) is 18.5. The molecule has 0 saturated carbocycles. The molecule has 3 aromatic carbocycles. The molecule has 9 heteroatoms. The zero-order valence-corrected chi connectivity index (χ0v) is 23.1. The van der Waals surface area contributed by atoms with E-state index in [1.165, 1.54) is 20.3 Å². The molecular formula is C27H24Br2N2O5. The first kappa shape index (κ1) is 27.1. The third-order valence-electron chi connectivity index (χ3n) is 5.16. The molecule has 0 aliphatic carbocycles. The molecule has 0 saturated heterocycles. The van der Waals surface area contributed by atoms with Gasteiger partial charge in [-0.1, -0.05) is 28.1 Å². The van der Waals surface area contributed by atoms with Crippen LogP contribution in [-0.4, -0.2) is 27.2 Å². The Hall–Kier alpha value is -3.48. The van der Waals surface area contributed by atoms with Crippen LogP contribution in [0.2, 0.25) is 0 Å². The normalized spacial score (nSPS) is 10.8. The molecule has 0 bridgehead atoms. The fourth-order valence-electron chi connectivity index (χ4n) is 3.28. The van der Waals surface area contributed by atoms with E-state index in [0.717, 1.165) is 15.6 Å². The Kier molecular flexibility index (Phi) is 9.79. The molecule has 7 nitrogen and oxygen atoms in total. The smallest absolute Gasteiger partial charge is 0.262 e. The van der Waals surface area contributed by atoms with Crippen molar-refractivity contribution in [3.05, 3.63) is 85.8 Å².